The van der Waals surface area contributed by atoms with Gasteiger partial charge in [-0.3, -0.25) is 20.0 Å². The topological polar surface area (TPSA) is 120 Å². The van der Waals surface area contributed by atoms with Crippen molar-refractivity contribution in [3.8, 4) is 0 Å². The number of nitrogens with zero attached hydrogens (tertiary/aromatic N) is 2. The summed E-state index contributed by atoms with van der Waals surface area (Å²) in [5, 5.41) is 20.0. The van der Waals surface area contributed by atoms with E-state index in [4.69, 9.17) is 5.11 Å². The Kier molecular flexibility index (Phi) is 5.68. The normalized spacial score (nSPS) is 15.1. The highest BCUT2D eigenvalue weighted by atomic mass is 16.3. The number of anilines is 1. The molecular formula is C13H21N5O3. The standard InChI is InChI=1S/C13H21N5O3/c19-8-10-15-13(18-17-10)16-12(21)7-14-11(20)6-5-9-3-1-2-4-9/h9,19H,1-8H2,(H,14,20)(H2,15,16,17,18,21). The number of amides is 2. The molecule has 1 saturated carbocycles. The highest BCUT2D eigenvalue weighted by Crippen LogP contribution is 2.28. The highest BCUT2D eigenvalue weighted by Gasteiger charge is 2.16. The van der Waals surface area contributed by atoms with Crippen LogP contribution in [0.4, 0.5) is 5.95 Å². The number of carbonyl (C=O) groups is 2. The molecule has 8 heteroatoms. The second-order valence-corrected chi connectivity index (χ2v) is 5.28. The number of carbonyl (C=O) groups excluding carboxylic acids is 2. The van der Waals surface area contributed by atoms with E-state index in [2.05, 4.69) is 25.8 Å². The fourth-order valence-corrected chi connectivity index (χ4v) is 2.49. The lowest BCUT2D eigenvalue weighted by Crippen LogP contribution is -2.33. The summed E-state index contributed by atoms with van der Waals surface area (Å²) in [7, 11) is 0. The number of aromatic amines is 1. The average Bonchev–Trinajstić information content (AvgIpc) is 3.14. The predicted molar refractivity (Wildman–Crippen MR) is 75.1 cm³/mol. The van der Waals surface area contributed by atoms with Gasteiger partial charge in [0.05, 0.1) is 6.54 Å². The molecule has 0 aliphatic heterocycles. The lowest BCUT2D eigenvalue weighted by Gasteiger charge is -2.08. The Morgan fingerprint density at radius 2 is 2.05 bits per heavy atom. The van der Waals surface area contributed by atoms with Crippen molar-refractivity contribution in [3.05, 3.63) is 5.82 Å². The van der Waals surface area contributed by atoms with Crippen molar-refractivity contribution in [2.24, 2.45) is 5.92 Å². The van der Waals surface area contributed by atoms with Gasteiger partial charge >= 0.3 is 0 Å². The second kappa shape index (κ2) is 7.72. The van der Waals surface area contributed by atoms with Gasteiger partial charge in [-0.1, -0.05) is 25.7 Å². The average molecular weight is 295 g/mol. The zero-order valence-corrected chi connectivity index (χ0v) is 11.9. The predicted octanol–water partition coefficient (Wildman–Crippen LogP) is 0.322. The number of aliphatic hydroxyl groups is 1. The summed E-state index contributed by atoms with van der Waals surface area (Å²) in [4.78, 5) is 27.1. The van der Waals surface area contributed by atoms with Crippen molar-refractivity contribution < 1.29 is 14.7 Å². The van der Waals surface area contributed by atoms with E-state index in [9.17, 15) is 9.59 Å². The van der Waals surface area contributed by atoms with Gasteiger partial charge in [0.25, 0.3) is 0 Å². The minimum atomic E-state index is -0.396. The largest absolute Gasteiger partial charge is 0.388 e. The molecule has 1 aliphatic carbocycles. The minimum Gasteiger partial charge on any atom is -0.388 e. The van der Waals surface area contributed by atoms with E-state index in [1.54, 1.807) is 0 Å². The van der Waals surface area contributed by atoms with Crippen LogP contribution < -0.4 is 10.6 Å². The molecule has 8 nitrogen and oxygen atoms in total. The SMILES string of the molecule is O=C(CCC1CCCC1)NCC(=O)Nc1n[nH]c(CO)n1. The first-order valence-electron chi connectivity index (χ1n) is 7.26. The van der Waals surface area contributed by atoms with E-state index >= 15 is 0 Å². The van der Waals surface area contributed by atoms with E-state index in [0.717, 1.165) is 6.42 Å². The van der Waals surface area contributed by atoms with Gasteiger partial charge < -0.3 is 10.4 Å². The van der Waals surface area contributed by atoms with Crippen LogP contribution in [0.25, 0.3) is 0 Å². The molecule has 2 amide bonds. The van der Waals surface area contributed by atoms with Gasteiger partial charge in [0, 0.05) is 6.42 Å². The molecule has 1 aliphatic rings. The summed E-state index contributed by atoms with van der Waals surface area (Å²) < 4.78 is 0. The van der Waals surface area contributed by atoms with Crippen LogP contribution in [0.1, 0.15) is 44.3 Å². The molecule has 1 fully saturated rings. The molecule has 4 N–H and O–H groups in total. The molecule has 0 atom stereocenters. The number of nitrogens with one attached hydrogen (secondary N) is 3. The van der Waals surface area contributed by atoms with Crippen molar-refractivity contribution in [2.45, 2.75) is 45.1 Å². The van der Waals surface area contributed by atoms with E-state index in [-0.39, 0.29) is 30.8 Å². The Bertz CT molecular complexity index is 482. The summed E-state index contributed by atoms with van der Waals surface area (Å²) in [5.74, 6) is 0.515. The summed E-state index contributed by atoms with van der Waals surface area (Å²) >= 11 is 0. The molecule has 1 aromatic heterocycles. The van der Waals surface area contributed by atoms with Crippen LogP contribution in [0.2, 0.25) is 0 Å². The Hall–Kier alpha value is -1.96. The molecule has 1 aromatic rings. The number of aliphatic hydroxyl groups excluding tert-OH is 1. The monoisotopic (exact) mass is 295 g/mol. The molecule has 0 saturated heterocycles. The van der Waals surface area contributed by atoms with Crippen LogP contribution in [0, 0.1) is 5.92 Å². The molecule has 0 spiro atoms. The summed E-state index contributed by atoms with van der Waals surface area (Å²) in [6.45, 7) is -0.382. The molecule has 116 valence electrons. The van der Waals surface area contributed by atoms with Crippen LogP contribution in [0.5, 0.6) is 0 Å². The molecule has 0 aromatic carbocycles. The van der Waals surface area contributed by atoms with Gasteiger partial charge in [0.2, 0.25) is 17.8 Å². The number of hydrogen-bond donors (Lipinski definition) is 4. The van der Waals surface area contributed by atoms with Gasteiger partial charge in [0.1, 0.15) is 6.61 Å². The van der Waals surface area contributed by atoms with E-state index in [1.807, 2.05) is 0 Å². The molecule has 1 heterocycles. The summed E-state index contributed by atoms with van der Waals surface area (Å²) in [5.41, 5.74) is 0. The van der Waals surface area contributed by atoms with Crippen molar-refractivity contribution in [1.29, 1.82) is 0 Å². The third-order valence-corrected chi connectivity index (χ3v) is 3.63. The maximum Gasteiger partial charge on any atom is 0.248 e. The van der Waals surface area contributed by atoms with Gasteiger partial charge in [-0.15, -0.1) is 5.10 Å². The fourth-order valence-electron chi connectivity index (χ4n) is 2.49. The van der Waals surface area contributed by atoms with Crippen LogP contribution in [0.15, 0.2) is 0 Å². The third-order valence-electron chi connectivity index (χ3n) is 3.63. The lowest BCUT2D eigenvalue weighted by molar-refractivity contribution is -0.124. The van der Waals surface area contributed by atoms with Crippen LogP contribution in [0.3, 0.4) is 0 Å². The zero-order chi connectivity index (χ0) is 15.1. The van der Waals surface area contributed by atoms with Gasteiger partial charge in [-0.25, -0.2) is 0 Å². The van der Waals surface area contributed by atoms with Crippen LogP contribution >= 0.6 is 0 Å². The second-order valence-electron chi connectivity index (χ2n) is 5.28. The Morgan fingerprint density at radius 3 is 2.71 bits per heavy atom. The molecule has 21 heavy (non-hydrogen) atoms. The first kappa shape index (κ1) is 15.4. The molecular weight excluding hydrogens is 274 g/mol. The maximum absolute atomic E-state index is 11.6. The number of aromatic nitrogens is 3. The van der Waals surface area contributed by atoms with Gasteiger partial charge in [0.15, 0.2) is 5.82 Å². The first-order chi connectivity index (χ1) is 10.2. The van der Waals surface area contributed by atoms with Gasteiger partial charge in [-0.2, -0.15) is 4.98 Å². The molecule has 0 bridgehead atoms. The van der Waals surface area contributed by atoms with E-state index in [0.29, 0.717) is 12.3 Å². The van der Waals surface area contributed by atoms with Crippen molar-refractivity contribution >= 4 is 17.8 Å². The smallest absolute Gasteiger partial charge is 0.248 e. The number of rotatable bonds is 7. The van der Waals surface area contributed by atoms with Crippen molar-refractivity contribution in [2.75, 3.05) is 11.9 Å². The Morgan fingerprint density at radius 1 is 1.29 bits per heavy atom. The van der Waals surface area contributed by atoms with Crippen LogP contribution in [-0.4, -0.2) is 38.6 Å². The third kappa shape index (κ3) is 5.14. The maximum atomic E-state index is 11.6. The fraction of sp³-hybridized carbons (Fsp3) is 0.692. The van der Waals surface area contributed by atoms with Gasteiger partial charge in [-0.05, 0) is 12.3 Å². The molecule has 2 rings (SSSR count). The first-order valence-corrected chi connectivity index (χ1v) is 7.26. The Labute approximate surface area is 122 Å². The lowest BCUT2D eigenvalue weighted by atomic mass is 10.0. The number of H-pyrrole nitrogens is 1. The quantitative estimate of drug-likeness (QED) is 0.577. The molecule has 0 unspecified atom stereocenters. The van der Waals surface area contributed by atoms with Crippen molar-refractivity contribution in [3.63, 3.8) is 0 Å². The van der Waals surface area contributed by atoms with E-state index in [1.165, 1.54) is 25.7 Å². The summed E-state index contributed by atoms with van der Waals surface area (Å²) in [6, 6.07) is 0. The molecule has 0 radical (unpaired) electrons. The zero-order valence-electron chi connectivity index (χ0n) is 11.9. The highest BCUT2D eigenvalue weighted by molar-refractivity contribution is 5.93. The van der Waals surface area contributed by atoms with Crippen molar-refractivity contribution in [1.82, 2.24) is 20.5 Å². The van der Waals surface area contributed by atoms with Crippen LogP contribution in [-0.2, 0) is 16.2 Å². The Balaban J connectivity index is 1.62. The summed E-state index contributed by atoms with van der Waals surface area (Å²) in [6.07, 6.45) is 6.32. The number of hydrogen-bond acceptors (Lipinski definition) is 5. The minimum absolute atomic E-state index is 0.0873. The van der Waals surface area contributed by atoms with E-state index < -0.39 is 5.91 Å².